The highest BCUT2D eigenvalue weighted by atomic mass is 16.1. The van der Waals surface area contributed by atoms with E-state index in [9.17, 15) is 4.79 Å². The zero-order valence-electron chi connectivity index (χ0n) is 8.82. The van der Waals surface area contributed by atoms with Gasteiger partial charge in [0.05, 0.1) is 0 Å². The Kier molecular flexibility index (Phi) is 2.36. The number of amides is 1. The molecule has 1 aromatic carbocycles. The maximum Gasteiger partial charge on any atom is 0.258 e. The quantitative estimate of drug-likeness (QED) is 0.486. The maximum absolute atomic E-state index is 11.7. The molecule has 0 aliphatic carbocycles. The van der Waals surface area contributed by atoms with Crippen LogP contribution in [0, 0.1) is 5.41 Å². The first-order valence-electron chi connectivity index (χ1n) is 4.79. The maximum atomic E-state index is 11.7. The van der Waals surface area contributed by atoms with Gasteiger partial charge in [-0.1, -0.05) is 6.07 Å². The van der Waals surface area contributed by atoms with Crippen LogP contribution in [0.25, 0.3) is 10.9 Å². The van der Waals surface area contributed by atoms with Crippen LogP contribution >= 0.6 is 0 Å². The van der Waals surface area contributed by atoms with Gasteiger partial charge in [-0.3, -0.25) is 15.5 Å². The molecule has 0 spiro atoms. The Bertz CT molecular complexity index is 570. The number of aryl methyl sites for hydroxylation is 1. The predicted molar refractivity (Wildman–Crippen MR) is 62.3 cm³/mol. The topological polar surface area (TPSA) is 83.9 Å². The SMILES string of the molecule is Cn1ccc2c(C(=O)NC(=N)N)cccc21. The van der Waals surface area contributed by atoms with Crippen LogP contribution in [0.4, 0.5) is 0 Å². The number of nitrogens with zero attached hydrogens (tertiary/aromatic N) is 1. The molecule has 0 saturated heterocycles. The molecule has 5 nitrogen and oxygen atoms in total. The first-order valence-corrected chi connectivity index (χ1v) is 4.79. The van der Waals surface area contributed by atoms with E-state index in [2.05, 4.69) is 5.32 Å². The van der Waals surface area contributed by atoms with Gasteiger partial charge in [0, 0.05) is 29.7 Å². The van der Waals surface area contributed by atoms with E-state index >= 15 is 0 Å². The van der Waals surface area contributed by atoms with E-state index in [0.717, 1.165) is 10.9 Å². The van der Waals surface area contributed by atoms with Gasteiger partial charge in [-0.05, 0) is 18.2 Å². The van der Waals surface area contributed by atoms with Crippen LogP contribution in [-0.2, 0) is 7.05 Å². The number of fused-ring (bicyclic) bond motifs is 1. The Labute approximate surface area is 92.4 Å². The summed E-state index contributed by atoms with van der Waals surface area (Å²) in [6.07, 6.45) is 1.88. The highest BCUT2D eigenvalue weighted by Crippen LogP contribution is 2.19. The summed E-state index contributed by atoms with van der Waals surface area (Å²) in [5.74, 6) is -0.706. The smallest absolute Gasteiger partial charge is 0.258 e. The molecule has 1 aromatic heterocycles. The van der Waals surface area contributed by atoms with Gasteiger partial charge in [0.1, 0.15) is 0 Å². The fourth-order valence-corrected chi connectivity index (χ4v) is 1.69. The van der Waals surface area contributed by atoms with Crippen molar-refractivity contribution in [1.82, 2.24) is 9.88 Å². The first kappa shape index (κ1) is 10.2. The van der Waals surface area contributed by atoms with Crippen molar-refractivity contribution in [3.8, 4) is 0 Å². The summed E-state index contributed by atoms with van der Waals surface area (Å²) in [6.45, 7) is 0. The average molecular weight is 216 g/mol. The van der Waals surface area contributed by atoms with E-state index in [-0.39, 0.29) is 11.9 Å². The van der Waals surface area contributed by atoms with Crippen molar-refractivity contribution < 1.29 is 4.79 Å². The molecule has 0 aliphatic rings. The highest BCUT2D eigenvalue weighted by molar-refractivity contribution is 6.11. The molecule has 1 amide bonds. The summed E-state index contributed by atoms with van der Waals surface area (Å²) in [5.41, 5.74) is 6.62. The molecule has 0 saturated carbocycles. The number of benzene rings is 1. The zero-order chi connectivity index (χ0) is 11.7. The van der Waals surface area contributed by atoms with Crippen LogP contribution in [0.15, 0.2) is 30.5 Å². The molecule has 0 atom stereocenters. The Hall–Kier alpha value is -2.30. The molecular formula is C11H12N4O. The van der Waals surface area contributed by atoms with E-state index in [1.807, 2.05) is 29.9 Å². The normalized spacial score (nSPS) is 10.3. The summed E-state index contributed by atoms with van der Waals surface area (Å²) in [6, 6.07) is 7.31. The van der Waals surface area contributed by atoms with Crippen molar-refractivity contribution in [2.45, 2.75) is 0 Å². The molecule has 0 fully saturated rings. The number of aromatic nitrogens is 1. The summed E-state index contributed by atoms with van der Waals surface area (Å²) in [4.78, 5) is 11.7. The molecule has 16 heavy (non-hydrogen) atoms. The fourth-order valence-electron chi connectivity index (χ4n) is 1.69. The number of carbonyl (C=O) groups excluding carboxylic acids is 1. The lowest BCUT2D eigenvalue weighted by molar-refractivity contribution is 0.0978. The molecule has 0 unspecified atom stereocenters. The van der Waals surface area contributed by atoms with Crippen molar-refractivity contribution in [3.63, 3.8) is 0 Å². The predicted octanol–water partition coefficient (Wildman–Crippen LogP) is 0.802. The molecule has 1 heterocycles. The minimum atomic E-state index is -0.357. The van der Waals surface area contributed by atoms with Gasteiger partial charge in [-0.25, -0.2) is 0 Å². The monoisotopic (exact) mass is 216 g/mol. The number of hydrogen-bond acceptors (Lipinski definition) is 2. The second-order valence-corrected chi connectivity index (χ2v) is 3.53. The van der Waals surface area contributed by atoms with Gasteiger partial charge in [-0.15, -0.1) is 0 Å². The summed E-state index contributed by atoms with van der Waals surface area (Å²) in [7, 11) is 1.91. The van der Waals surface area contributed by atoms with Crippen molar-refractivity contribution in [3.05, 3.63) is 36.0 Å². The average Bonchev–Trinajstić information content (AvgIpc) is 2.59. The Morgan fingerprint density at radius 3 is 2.88 bits per heavy atom. The molecule has 2 aromatic rings. The summed E-state index contributed by atoms with van der Waals surface area (Å²) in [5, 5.41) is 10.2. The second-order valence-electron chi connectivity index (χ2n) is 3.53. The Morgan fingerprint density at radius 1 is 1.44 bits per heavy atom. The van der Waals surface area contributed by atoms with Gasteiger partial charge >= 0.3 is 0 Å². The third-order valence-corrected chi connectivity index (χ3v) is 2.42. The van der Waals surface area contributed by atoms with Crippen molar-refractivity contribution in [2.24, 2.45) is 12.8 Å². The summed E-state index contributed by atoms with van der Waals surface area (Å²) < 4.78 is 1.93. The van der Waals surface area contributed by atoms with Gasteiger partial charge in [0.25, 0.3) is 5.91 Å². The minimum Gasteiger partial charge on any atom is -0.370 e. The van der Waals surface area contributed by atoms with E-state index < -0.39 is 0 Å². The third kappa shape index (κ3) is 1.63. The van der Waals surface area contributed by atoms with Crippen LogP contribution in [0.2, 0.25) is 0 Å². The lowest BCUT2D eigenvalue weighted by atomic mass is 10.1. The molecule has 82 valence electrons. The molecule has 5 heteroatoms. The largest absolute Gasteiger partial charge is 0.370 e. The first-order chi connectivity index (χ1) is 7.59. The minimum absolute atomic E-state index is 0.349. The van der Waals surface area contributed by atoms with Gasteiger partial charge < -0.3 is 10.3 Å². The number of guanidine groups is 1. The second kappa shape index (κ2) is 3.69. The molecule has 2 rings (SSSR count). The van der Waals surface area contributed by atoms with E-state index in [1.165, 1.54) is 0 Å². The molecule has 0 bridgehead atoms. The number of carbonyl (C=O) groups is 1. The number of rotatable bonds is 1. The third-order valence-electron chi connectivity index (χ3n) is 2.42. The molecule has 0 radical (unpaired) electrons. The van der Waals surface area contributed by atoms with Gasteiger partial charge in [-0.2, -0.15) is 0 Å². The van der Waals surface area contributed by atoms with Crippen LogP contribution in [-0.4, -0.2) is 16.4 Å². The Morgan fingerprint density at radius 2 is 2.19 bits per heavy atom. The van der Waals surface area contributed by atoms with E-state index in [4.69, 9.17) is 11.1 Å². The lowest BCUT2D eigenvalue weighted by Crippen LogP contribution is -2.35. The molecular weight excluding hydrogens is 204 g/mol. The highest BCUT2D eigenvalue weighted by Gasteiger charge is 2.11. The lowest BCUT2D eigenvalue weighted by Gasteiger charge is -2.04. The van der Waals surface area contributed by atoms with Gasteiger partial charge in [0.2, 0.25) is 0 Å². The Balaban J connectivity index is 2.52. The van der Waals surface area contributed by atoms with Crippen LogP contribution in [0.5, 0.6) is 0 Å². The van der Waals surface area contributed by atoms with Crippen LogP contribution in [0.3, 0.4) is 0 Å². The van der Waals surface area contributed by atoms with Crippen molar-refractivity contribution >= 4 is 22.8 Å². The summed E-state index contributed by atoms with van der Waals surface area (Å²) >= 11 is 0. The van der Waals surface area contributed by atoms with Crippen LogP contribution < -0.4 is 11.1 Å². The zero-order valence-corrected chi connectivity index (χ0v) is 8.82. The number of nitrogens with one attached hydrogen (secondary N) is 2. The standard InChI is InChI=1S/C11H12N4O/c1-15-6-5-7-8(3-2-4-9(7)15)10(16)14-11(12)13/h2-6H,1H3,(H4,12,13,14,16). The van der Waals surface area contributed by atoms with Gasteiger partial charge in [0.15, 0.2) is 5.96 Å². The number of nitrogens with two attached hydrogens (primary N) is 1. The van der Waals surface area contributed by atoms with Crippen LogP contribution in [0.1, 0.15) is 10.4 Å². The van der Waals surface area contributed by atoms with E-state index in [1.54, 1.807) is 12.1 Å². The fraction of sp³-hybridized carbons (Fsp3) is 0.0909. The molecule has 4 N–H and O–H groups in total. The van der Waals surface area contributed by atoms with Crippen molar-refractivity contribution in [1.29, 1.82) is 5.41 Å². The molecule has 0 aliphatic heterocycles. The number of hydrogen-bond donors (Lipinski definition) is 3. The van der Waals surface area contributed by atoms with Crippen molar-refractivity contribution in [2.75, 3.05) is 0 Å². The van der Waals surface area contributed by atoms with E-state index in [0.29, 0.717) is 5.56 Å².